The SMILES string of the molecule is C=CCN(CCC)S(=O)(=O)c1cc(CNC)ccc1C. The van der Waals surface area contributed by atoms with E-state index in [4.69, 9.17) is 0 Å². The first-order valence-electron chi connectivity index (χ1n) is 6.82. The van der Waals surface area contributed by atoms with E-state index in [1.807, 2.05) is 33.0 Å². The number of aryl methyl sites for hydroxylation is 1. The van der Waals surface area contributed by atoms with E-state index in [2.05, 4.69) is 11.9 Å². The van der Waals surface area contributed by atoms with E-state index >= 15 is 0 Å². The molecule has 0 spiro atoms. The highest BCUT2D eigenvalue weighted by Crippen LogP contribution is 2.21. The molecule has 0 aliphatic carbocycles. The molecule has 0 aromatic heterocycles. The van der Waals surface area contributed by atoms with Crippen molar-refractivity contribution in [3.8, 4) is 0 Å². The highest BCUT2D eigenvalue weighted by molar-refractivity contribution is 7.89. The van der Waals surface area contributed by atoms with Crippen LogP contribution in [-0.2, 0) is 16.6 Å². The highest BCUT2D eigenvalue weighted by Gasteiger charge is 2.24. The largest absolute Gasteiger partial charge is 0.316 e. The normalized spacial score (nSPS) is 11.8. The first-order valence-corrected chi connectivity index (χ1v) is 8.26. The molecule has 0 saturated heterocycles. The lowest BCUT2D eigenvalue weighted by molar-refractivity contribution is 0.441. The van der Waals surface area contributed by atoms with Crippen molar-refractivity contribution >= 4 is 10.0 Å². The highest BCUT2D eigenvalue weighted by atomic mass is 32.2. The molecule has 20 heavy (non-hydrogen) atoms. The van der Waals surface area contributed by atoms with Gasteiger partial charge in [-0.15, -0.1) is 6.58 Å². The number of sulfonamides is 1. The quantitative estimate of drug-likeness (QED) is 0.749. The van der Waals surface area contributed by atoms with Crippen molar-refractivity contribution in [1.82, 2.24) is 9.62 Å². The second-order valence-corrected chi connectivity index (χ2v) is 6.69. The van der Waals surface area contributed by atoms with Gasteiger partial charge >= 0.3 is 0 Å². The Hall–Kier alpha value is -1.17. The molecule has 112 valence electrons. The summed E-state index contributed by atoms with van der Waals surface area (Å²) in [7, 11) is -1.62. The summed E-state index contributed by atoms with van der Waals surface area (Å²) >= 11 is 0. The number of nitrogens with one attached hydrogen (secondary N) is 1. The molecule has 0 heterocycles. The van der Waals surface area contributed by atoms with Gasteiger partial charge in [-0.1, -0.05) is 25.1 Å². The van der Waals surface area contributed by atoms with Gasteiger partial charge in [0.15, 0.2) is 0 Å². The molecule has 1 rings (SSSR count). The number of benzene rings is 1. The van der Waals surface area contributed by atoms with Crippen molar-refractivity contribution in [1.29, 1.82) is 0 Å². The van der Waals surface area contributed by atoms with Crippen molar-refractivity contribution in [3.05, 3.63) is 42.0 Å². The fourth-order valence-electron chi connectivity index (χ4n) is 2.08. The van der Waals surface area contributed by atoms with E-state index in [0.29, 0.717) is 24.5 Å². The summed E-state index contributed by atoms with van der Waals surface area (Å²) in [6, 6.07) is 5.56. The van der Waals surface area contributed by atoms with Crippen LogP contribution in [0.25, 0.3) is 0 Å². The zero-order valence-electron chi connectivity index (χ0n) is 12.5. The molecule has 0 aliphatic rings. The molecule has 5 heteroatoms. The van der Waals surface area contributed by atoms with Crippen LogP contribution in [0.2, 0.25) is 0 Å². The van der Waals surface area contributed by atoms with Crippen LogP contribution < -0.4 is 5.32 Å². The van der Waals surface area contributed by atoms with Gasteiger partial charge in [0, 0.05) is 19.6 Å². The number of hydrogen-bond acceptors (Lipinski definition) is 3. The van der Waals surface area contributed by atoms with Crippen molar-refractivity contribution in [2.24, 2.45) is 0 Å². The zero-order chi connectivity index (χ0) is 15.2. The van der Waals surface area contributed by atoms with Crippen LogP contribution in [0.15, 0.2) is 35.7 Å². The second kappa shape index (κ2) is 7.57. The molecule has 1 aromatic rings. The van der Waals surface area contributed by atoms with Gasteiger partial charge in [-0.3, -0.25) is 0 Å². The zero-order valence-corrected chi connectivity index (χ0v) is 13.3. The minimum absolute atomic E-state index is 0.339. The third-order valence-electron chi connectivity index (χ3n) is 3.06. The Morgan fingerprint density at radius 2 is 2.10 bits per heavy atom. The number of nitrogens with zero attached hydrogens (tertiary/aromatic N) is 1. The van der Waals surface area contributed by atoms with Crippen molar-refractivity contribution in [2.75, 3.05) is 20.1 Å². The van der Waals surface area contributed by atoms with Gasteiger partial charge in [0.1, 0.15) is 0 Å². The predicted molar refractivity (Wildman–Crippen MR) is 83.2 cm³/mol. The lowest BCUT2D eigenvalue weighted by Gasteiger charge is -2.21. The first-order chi connectivity index (χ1) is 9.47. The third kappa shape index (κ3) is 3.91. The summed E-state index contributed by atoms with van der Waals surface area (Å²) in [4.78, 5) is 0.389. The van der Waals surface area contributed by atoms with E-state index in [-0.39, 0.29) is 0 Å². The summed E-state index contributed by atoms with van der Waals surface area (Å²) in [6.45, 7) is 8.93. The van der Waals surface area contributed by atoms with E-state index < -0.39 is 10.0 Å². The maximum atomic E-state index is 12.7. The molecule has 1 N–H and O–H groups in total. The van der Waals surface area contributed by atoms with Gasteiger partial charge in [0.25, 0.3) is 0 Å². The first kappa shape index (κ1) is 16.9. The molecule has 4 nitrogen and oxygen atoms in total. The van der Waals surface area contributed by atoms with Crippen LogP contribution in [0.5, 0.6) is 0 Å². The van der Waals surface area contributed by atoms with Gasteiger partial charge in [0.2, 0.25) is 10.0 Å². The molecular weight excluding hydrogens is 272 g/mol. The van der Waals surface area contributed by atoms with Crippen LogP contribution in [0.4, 0.5) is 0 Å². The fourth-order valence-corrected chi connectivity index (χ4v) is 3.86. The smallest absolute Gasteiger partial charge is 0.243 e. The summed E-state index contributed by atoms with van der Waals surface area (Å²) in [5.41, 5.74) is 1.74. The Kier molecular flexibility index (Phi) is 6.39. The van der Waals surface area contributed by atoms with Crippen LogP contribution in [0, 0.1) is 6.92 Å². The Morgan fingerprint density at radius 1 is 1.40 bits per heavy atom. The predicted octanol–water partition coefficient (Wildman–Crippen LogP) is 2.30. The minimum atomic E-state index is -3.46. The standard InChI is InChI=1S/C15H24N2O2S/c1-5-9-17(10-6-2)20(18,19)15-11-14(12-16-4)8-7-13(15)3/h5,7-8,11,16H,1,6,9-10,12H2,2-4H3. The molecule has 0 saturated carbocycles. The molecule has 0 radical (unpaired) electrons. The van der Waals surface area contributed by atoms with Gasteiger partial charge in [-0.05, 0) is 37.6 Å². The van der Waals surface area contributed by atoms with E-state index in [1.54, 1.807) is 12.1 Å². The van der Waals surface area contributed by atoms with Crippen LogP contribution in [-0.4, -0.2) is 32.9 Å². The topological polar surface area (TPSA) is 49.4 Å². The van der Waals surface area contributed by atoms with Gasteiger partial charge in [0.05, 0.1) is 4.90 Å². The van der Waals surface area contributed by atoms with E-state index in [1.165, 1.54) is 4.31 Å². The fraction of sp³-hybridized carbons (Fsp3) is 0.467. The van der Waals surface area contributed by atoms with Crippen molar-refractivity contribution in [3.63, 3.8) is 0 Å². The number of hydrogen-bond donors (Lipinski definition) is 1. The average Bonchev–Trinajstić information content (AvgIpc) is 2.41. The summed E-state index contributed by atoms with van der Waals surface area (Å²) in [5.74, 6) is 0. The lowest BCUT2D eigenvalue weighted by atomic mass is 10.1. The van der Waals surface area contributed by atoms with Crippen LogP contribution >= 0.6 is 0 Å². The van der Waals surface area contributed by atoms with Crippen molar-refractivity contribution < 1.29 is 8.42 Å². The molecule has 0 atom stereocenters. The summed E-state index contributed by atoms with van der Waals surface area (Å²) in [5, 5.41) is 3.04. The Labute approximate surface area is 122 Å². The molecule has 0 aliphatic heterocycles. The monoisotopic (exact) mass is 296 g/mol. The summed E-state index contributed by atoms with van der Waals surface area (Å²) in [6.07, 6.45) is 2.41. The van der Waals surface area contributed by atoms with E-state index in [9.17, 15) is 8.42 Å². The minimum Gasteiger partial charge on any atom is -0.316 e. The number of rotatable bonds is 8. The Balaban J connectivity index is 3.24. The van der Waals surface area contributed by atoms with Gasteiger partial charge < -0.3 is 5.32 Å². The molecular formula is C15H24N2O2S. The lowest BCUT2D eigenvalue weighted by Crippen LogP contribution is -2.32. The average molecular weight is 296 g/mol. The maximum Gasteiger partial charge on any atom is 0.243 e. The third-order valence-corrected chi connectivity index (χ3v) is 5.06. The van der Waals surface area contributed by atoms with E-state index in [0.717, 1.165) is 17.5 Å². The van der Waals surface area contributed by atoms with Crippen molar-refractivity contribution in [2.45, 2.75) is 31.7 Å². The summed E-state index contributed by atoms with van der Waals surface area (Å²) < 4.78 is 27.0. The molecule has 0 amide bonds. The maximum absolute atomic E-state index is 12.7. The van der Waals surface area contributed by atoms with Gasteiger partial charge in [-0.25, -0.2) is 8.42 Å². The molecule has 0 fully saturated rings. The van der Waals surface area contributed by atoms with Gasteiger partial charge in [-0.2, -0.15) is 4.31 Å². The van der Waals surface area contributed by atoms with Crippen LogP contribution in [0.3, 0.4) is 0 Å². The molecule has 1 aromatic carbocycles. The molecule has 0 bridgehead atoms. The Bertz CT molecular complexity index is 553. The Morgan fingerprint density at radius 3 is 2.65 bits per heavy atom. The van der Waals surface area contributed by atoms with Crippen LogP contribution in [0.1, 0.15) is 24.5 Å². The second-order valence-electron chi connectivity index (χ2n) is 4.78. The molecule has 0 unspecified atom stereocenters.